The molecule has 2 aliphatic rings. The first-order valence-corrected chi connectivity index (χ1v) is 10.8. The molecule has 1 aromatic rings. The average Bonchev–Trinajstić information content (AvgIpc) is 3.23. The summed E-state index contributed by atoms with van der Waals surface area (Å²) in [5.41, 5.74) is 0. The van der Waals surface area contributed by atoms with E-state index < -0.39 is 9.84 Å². The summed E-state index contributed by atoms with van der Waals surface area (Å²) in [7, 11) is -2.92. The van der Waals surface area contributed by atoms with E-state index in [-0.39, 0.29) is 23.7 Å². The summed E-state index contributed by atoms with van der Waals surface area (Å²) in [5.74, 6) is 1.98. The van der Waals surface area contributed by atoms with Crippen molar-refractivity contribution in [2.45, 2.75) is 44.2 Å². The number of rotatable bonds is 6. The van der Waals surface area contributed by atoms with Crippen LogP contribution in [0.4, 0.5) is 0 Å². The summed E-state index contributed by atoms with van der Waals surface area (Å²) in [6.45, 7) is 2.07. The second-order valence-electron chi connectivity index (χ2n) is 6.68. The van der Waals surface area contributed by atoms with Crippen LogP contribution in [0.25, 0.3) is 0 Å². The molecule has 0 bridgehead atoms. The maximum absolute atomic E-state index is 11.7. The van der Waals surface area contributed by atoms with Gasteiger partial charge in [0.15, 0.2) is 15.8 Å². The minimum absolute atomic E-state index is 0.0767. The third kappa shape index (κ3) is 6.04. The Hall–Kier alpha value is -1.54. The summed E-state index contributed by atoms with van der Waals surface area (Å²) in [6.07, 6.45) is 6.51. The first-order chi connectivity index (χ1) is 12.1. The topological polar surface area (TPSA) is 92.9 Å². The molecule has 0 amide bonds. The molecule has 1 aromatic heterocycles. The molecule has 0 aromatic carbocycles. The number of hydrogen-bond donors (Lipinski definition) is 2. The van der Waals surface area contributed by atoms with Crippen LogP contribution in [0.2, 0.25) is 0 Å². The largest absolute Gasteiger partial charge is 0.469 e. The predicted molar refractivity (Wildman–Crippen MR) is 96.5 cm³/mol. The van der Waals surface area contributed by atoms with Gasteiger partial charge in [-0.1, -0.05) is 0 Å². The van der Waals surface area contributed by atoms with Crippen molar-refractivity contribution in [2.24, 2.45) is 4.99 Å². The first-order valence-electron chi connectivity index (χ1n) is 9.00. The van der Waals surface area contributed by atoms with E-state index >= 15 is 0 Å². The van der Waals surface area contributed by atoms with Gasteiger partial charge in [-0.05, 0) is 37.8 Å². The van der Waals surface area contributed by atoms with Crippen LogP contribution in [0.5, 0.6) is 0 Å². The molecule has 2 saturated heterocycles. The quantitative estimate of drug-likeness (QED) is 0.576. The Bertz CT molecular complexity index is 651. The van der Waals surface area contributed by atoms with Crippen molar-refractivity contribution in [2.75, 3.05) is 31.2 Å². The van der Waals surface area contributed by atoms with Crippen molar-refractivity contribution < 1.29 is 17.6 Å². The van der Waals surface area contributed by atoms with Gasteiger partial charge in [-0.25, -0.2) is 8.42 Å². The molecule has 0 spiro atoms. The fraction of sp³-hybridized carbons (Fsp3) is 0.706. The van der Waals surface area contributed by atoms with Crippen molar-refractivity contribution in [3.63, 3.8) is 0 Å². The standard InChI is InChI=1S/C17H27N3O4S/c21-25(22)11-7-14(13-25)20-17(18-8-6-15-5-3-10-23-15)19-12-16-4-1-2-9-24-16/h3,5,10,14,16H,1-2,4,6-9,11-13H2,(H2,18,19,20). The summed E-state index contributed by atoms with van der Waals surface area (Å²) in [4.78, 5) is 4.62. The van der Waals surface area contributed by atoms with Crippen LogP contribution in [0, 0.1) is 0 Å². The number of aliphatic imine (C=N–C) groups is 1. The minimum atomic E-state index is -2.92. The molecule has 2 atom stereocenters. The van der Waals surface area contributed by atoms with Gasteiger partial charge in [-0.3, -0.25) is 4.99 Å². The Kier molecular flexibility index (Phi) is 6.36. The van der Waals surface area contributed by atoms with E-state index in [2.05, 4.69) is 15.6 Å². The highest BCUT2D eigenvalue weighted by Crippen LogP contribution is 2.13. The lowest BCUT2D eigenvalue weighted by molar-refractivity contribution is 0.0224. The molecule has 2 fully saturated rings. The molecule has 3 rings (SSSR count). The van der Waals surface area contributed by atoms with Gasteiger partial charge < -0.3 is 19.8 Å². The smallest absolute Gasteiger partial charge is 0.191 e. The van der Waals surface area contributed by atoms with Crippen LogP contribution in [0.3, 0.4) is 0 Å². The third-order valence-electron chi connectivity index (χ3n) is 4.54. The molecular weight excluding hydrogens is 342 g/mol. The molecule has 7 nitrogen and oxygen atoms in total. The summed E-state index contributed by atoms with van der Waals surface area (Å²) in [5, 5.41) is 6.55. The fourth-order valence-electron chi connectivity index (χ4n) is 3.16. The highest BCUT2D eigenvalue weighted by molar-refractivity contribution is 7.91. The minimum Gasteiger partial charge on any atom is -0.469 e. The molecule has 3 heterocycles. The predicted octanol–water partition coefficient (Wildman–Crippen LogP) is 1.11. The van der Waals surface area contributed by atoms with E-state index in [0.717, 1.165) is 31.6 Å². The second kappa shape index (κ2) is 8.71. The van der Waals surface area contributed by atoms with Gasteiger partial charge in [0.1, 0.15) is 5.76 Å². The van der Waals surface area contributed by atoms with Crippen molar-refractivity contribution in [3.05, 3.63) is 24.2 Å². The van der Waals surface area contributed by atoms with E-state index in [0.29, 0.717) is 25.5 Å². The third-order valence-corrected chi connectivity index (χ3v) is 6.31. The maximum atomic E-state index is 11.7. The fourth-order valence-corrected chi connectivity index (χ4v) is 4.83. The molecule has 2 N–H and O–H groups in total. The Balaban J connectivity index is 1.54. The van der Waals surface area contributed by atoms with Crippen LogP contribution >= 0.6 is 0 Å². The molecule has 25 heavy (non-hydrogen) atoms. The summed E-state index contributed by atoms with van der Waals surface area (Å²) >= 11 is 0. The zero-order valence-corrected chi connectivity index (χ0v) is 15.3. The van der Waals surface area contributed by atoms with Gasteiger partial charge in [-0.2, -0.15) is 0 Å². The first kappa shape index (κ1) is 18.3. The monoisotopic (exact) mass is 369 g/mol. The Morgan fingerprint density at radius 2 is 2.24 bits per heavy atom. The van der Waals surface area contributed by atoms with Crippen molar-refractivity contribution in [1.29, 1.82) is 0 Å². The molecule has 2 aliphatic heterocycles. The molecule has 8 heteroatoms. The van der Waals surface area contributed by atoms with Crippen LogP contribution in [-0.4, -0.2) is 57.7 Å². The molecule has 0 aliphatic carbocycles. The highest BCUT2D eigenvalue weighted by Gasteiger charge is 2.28. The van der Waals surface area contributed by atoms with Crippen LogP contribution in [0.1, 0.15) is 31.4 Å². The average molecular weight is 369 g/mol. The van der Waals surface area contributed by atoms with Gasteiger partial charge in [0.05, 0.1) is 30.4 Å². The number of guanidine groups is 1. The maximum Gasteiger partial charge on any atom is 0.191 e. The molecule has 0 saturated carbocycles. The molecule has 140 valence electrons. The summed E-state index contributed by atoms with van der Waals surface area (Å²) < 4.78 is 34.4. The van der Waals surface area contributed by atoms with Gasteiger partial charge in [-0.15, -0.1) is 0 Å². The number of ether oxygens (including phenoxy) is 1. The number of nitrogens with zero attached hydrogens (tertiary/aromatic N) is 1. The zero-order chi connectivity index (χ0) is 17.5. The Labute approximate surface area is 149 Å². The lowest BCUT2D eigenvalue weighted by atomic mass is 10.1. The zero-order valence-electron chi connectivity index (χ0n) is 14.4. The van der Waals surface area contributed by atoms with Crippen LogP contribution < -0.4 is 10.6 Å². The Morgan fingerprint density at radius 3 is 2.92 bits per heavy atom. The van der Waals surface area contributed by atoms with Gasteiger partial charge in [0.25, 0.3) is 0 Å². The van der Waals surface area contributed by atoms with Gasteiger partial charge in [0.2, 0.25) is 0 Å². The van der Waals surface area contributed by atoms with Crippen molar-refractivity contribution in [3.8, 4) is 0 Å². The van der Waals surface area contributed by atoms with E-state index in [1.807, 2.05) is 12.1 Å². The number of hydrogen-bond acceptors (Lipinski definition) is 5. The van der Waals surface area contributed by atoms with Crippen molar-refractivity contribution in [1.82, 2.24) is 10.6 Å². The van der Waals surface area contributed by atoms with Gasteiger partial charge in [0, 0.05) is 25.6 Å². The van der Waals surface area contributed by atoms with Crippen LogP contribution in [-0.2, 0) is 21.0 Å². The lowest BCUT2D eigenvalue weighted by Crippen LogP contribution is -2.45. The van der Waals surface area contributed by atoms with Gasteiger partial charge >= 0.3 is 0 Å². The number of nitrogens with one attached hydrogen (secondary N) is 2. The molecule has 0 radical (unpaired) electrons. The van der Waals surface area contributed by atoms with Crippen LogP contribution in [0.15, 0.2) is 27.8 Å². The van der Waals surface area contributed by atoms with E-state index in [4.69, 9.17) is 9.15 Å². The number of sulfone groups is 1. The summed E-state index contributed by atoms with van der Waals surface area (Å²) in [6, 6.07) is 3.73. The number of furan rings is 1. The second-order valence-corrected chi connectivity index (χ2v) is 8.91. The lowest BCUT2D eigenvalue weighted by Gasteiger charge is -2.22. The van der Waals surface area contributed by atoms with E-state index in [9.17, 15) is 8.42 Å². The van der Waals surface area contributed by atoms with Crippen molar-refractivity contribution >= 4 is 15.8 Å². The van der Waals surface area contributed by atoms with E-state index in [1.165, 1.54) is 6.42 Å². The Morgan fingerprint density at radius 1 is 1.32 bits per heavy atom. The normalized spacial score (nSPS) is 26.5. The van der Waals surface area contributed by atoms with E-state index in [1.54, 1.807) is 6.26 Å². The molecular formula is C17H27N3O4S. The molecule has 2 unspecified atom stereocenters. The highest BCUT2D eigenvalue weighted by atomic mass is 32.2. The SMILES string of the molecule is O=S1(=O)CCC(NC(=NCC2CCCCO2)NCCc2ccco2)C1.